The average molecular weight is 386 g/mol. The molecule has 1 atom stereocenters. The van der Waals surface area contributed by atoms with Crippen LogP contribution in [0.1, 0.15) is 73.1 Å². The standard InChI is InChI=1S/C18H26O7S/c1-3-4-5-6-7-10-13-24-17(19)15-11-8-9-12-16(15)18(20)25-14(2)26(21,22)23/h8-9,11-12,14H,3-7,10,13H2,1-2H3,(H,21,22,23). The van der Waals surface area contributed by atoms with Crippen LogP contribution in [0, 0.1) is 0 Å². The summed E-state index contributed by atoms with van der Waals surface area (Å²) in [6, 6.07) is 5.81. The lowest BCUT2D eigenvalue weighted by Gasteiger charge is -2.12. The SMILES string of the molecule is CCCCCCCCOC(=O)c1ccccc1C(=O)OC(C)S(=O)(=O)O. The molecule has 0 heterocycles. The first kappa shape index (κ1) is 22.1. The minimum Gasteiger partial charge on any atom is -0.462 e. The number of benzene rings is 1. The summed E-state index contributed by atoms with van der Waals surface area (Å²) in [6.45, 7) is 3.41. The molecule has 0 bridgehead atoms. The van der Waals surface area contributed by atoms with E-state index in [0.29, 0.717) is 0 Å². The molecular weight excluding hydrogens is 360 g/mol. The third-order valence-corrected chi connectivity index (χ3v) is 4.73. The van der Waals surface area contributed by atoms with Gasteiger partial charge in [-0.15, -0.1) is 0 Å². The lowest BCUT2D eigenvalue weighted by atomic mass is 10.1. The van der Waals surface area contributed by atoms with E-state index >= 15 is 0 Å². The van der Waals surface area contributed by atoms with E-state index in [1.165, 1.54) is 24.6 Å². The molecule has 0 spiro atoms. The molecule has 1 unspecified atom stereocenters. The van der Waals surface area contributed by atoms with Gasteiger partial charge in [0.1, 0.15) is 0 Å². The lowest BCUT2D eigenvalue weighted by molar-refractivity contribution is 0.0425. The van der Waals surface area contributed by atoms with Crippen molar-refractivity contribution in [1.82, 2.24) is 0 Å². The monoisotopic (exact) mass is 386 g/mol. The highest BCUT2D eigenvalue weighted by Crippen LogP contribution is 2.15. The van der Waals surface area contributed by atoms with Crippen molar-refractivity contribution in [2.45, 2.75) is 57.8 Å². The van der Waals surface area contributed by atoms with Crippen molar-refractivity contribution in [2.24, 2.45) is 0 Å². The fourth-order valence-electron chi connectivity index (χ4n) is 2.24. The topological polar surface area (TPSA) is 107 Å². The van der Waals surface area contributed by atoms with Crippen molar-refractivity contribution >= 4 is 22.1 Å². The Morgan fingerprint density at radius 3 is 2.12 bits per heavy atom. The molecule has 8 heteroatoms. The zero-order valence-corrected chi connectivity index (χ0v) is 16.0. The Kier molecular flexibility index (Phi) is 9.29. The molecule has 1 aromatic rings. The van der Waals surface area contributed by atoms with Crippen LogP contribution in [0.15, 0.2) is 24.3 Å². The van der Waals surface area contributed by atoms with Crippen molar-refractivity contribution in [1.29, 1.82) is 0 Å². The predicted octanol–water partition coefficient (Wildman–Crippen LogP) is 3.59. The minimum absolute atomic E-state index is 0.00831. The molecule has 26 heavy (non-hydrogen) atoms. The van der Waals surface area contributed by atoms with Crippen molar-refractivity contribution in [3.8, 4) is 0 Å². The first-order valence-corrected chi connectivity index (χ1v) is 10.2. The number of carbonyl (C=O) groups is 2. The van der Waals surface area contributed by atoms with Crippen LogP contribution in [0.5, 0.6) is 0 Å². The molecule has 0 saturated carbocycles. The first-order chi connectivity index (χ1) is 12.3. The molecular formula is C18H26O7S. The molecule has 1 aromatic carbocycles. The van der Waals surface area contributed by atoms with E-state index in [9.17, 15) is 18.0 Å². The van der Waals surface area contributed by atoms with Gasteiger partial charge in [0, 0.05) is 0 Å². The smallest absolute Gasteiger partial charge is 0.340 e. The van der Waals surface area contributed by atoms with Crippen LogP contribution < -0.4 is 0 Å². The summed E-state index contributed by atoms with van der Waals surface area (Å²) >= 11 is 0. The second-order valence-corrected chi connectivity index (χ2v) is 7.63. The molecule has 0 aromatic heterocycles. The van der Waals surface area contributed by atoms with Gasteiger partial charge in [0.2, 0.25) is 5.44 Å². The van der Waals surface area contributed by atoms with Crippen molar-refractivity contribution in [2.75, 3.05) is 6.61 Å². The molecule has 1 N–H and O–H groups in total. The van der Waals surface area contributed by atoms with Crippen LogP contribution in [0.3, 0.4) is 0 Å². The fraction of sp³-hybridized carbons (Fsp3) is 0.556. The molecule has 1 rings (SSSR count). The number of carbonyl (C=O) groups excluding carboxylic acids is 2. The summed E-state index contributed by atoms with van der Waals surface area (Å²) in [6.07, 6.45) is 6.30. The number of hydrogen-bond donors (Lipinski definition) is 1. The second kappa shape index (κ2) is 10.9. The van der Waals surface area contributed by atoms with Gasteiger partial charge in [-0.25, -0.2) is 9.59 Å². The lowest BCUT2D eigenvalue weighted by Crippen LogP contribution is -2.25. The van der Waals surface area contributed by atoms with Crippen LogP contribution in [0.2, 0.25) is 0 Å². The Balaban J connectivity index is 2.62. The Morgan fingerprint density at radius 1 is 1.00 bits per heavy atom. The predicted molar refractivity (Wildman–Crippen MR) is 96.5 cm³/mol. The van der Waals surface area contributed by atoms with Crippen molar-refractivity contribution in [3.05, 3.63) is 35.4 Å². The molecule has 0 aliphatic rings. The van der Waals surface area contributed by atoms with E-state index < -0.39 is 27.5 Å². The Bertz CT molecular complexity index is 697. The molecule has 0 saturated heterocycles. The molecule has 0 fully saturated rings. The zero-order chi connectivity index (χ0) is 19.6. The minimum atomic E-state index is -4.53. The van der Waals surface area contributed by atoms with Crippen LogP contribution in [-0.2, 0) is 19.6 Å². The number of esters is 2. The van der Waals surface area contributed by atoms with E-state index in [0.717, 1.165) is 39.0 Å². The fourth-order valence-corrected chi connectivity index (χ4v) is 2.45. The van der Waals surface area contributed by atoms with Gasteiger partial charge in [-0.2, -0.15) is 8.42 Å². The first-order valence-electron chi connectivity index (χ1n) is 8.70. The molecule has 7 nitrogen and oxygen atoms in total. The van der Waals surface area contributed by atoms with E-state index in [1.807, 2.05) is 0 Å². The van der Waals surface area contributed by atoms with Gasteiger partial charge in [0.25, 0.3) is 0 Å². The van der Waals surface area contributed by atoms with Gasteiger partial charge in [0.05, 0.1) is 17.7 Å². The maximum absolute atomic E-state index is 12.2. The Morgan fingerprint density at radius 2 is 1.54 bits per heavy atom. The highest BCUT2D eigenvalue weighted by Gasteiger charge is 2.25. The summed E-state index contributed by atoms with van der Waals surface area (Å²) in [5.74, 6) is -1.70. The second-order valence-electron chi connectivity index (χ2n) is 5.94. The van der Waals surface area contributed by atoms with E-state index in [2.05, 4.69) is 11.7 Å². The number of unbranched alkanes of at least 4 members (excludes halogenated alkanes) is 5. The van der Waals surface area contributed by atoms with Gasteiger partial charge < -0.3 is 9.47 Å². The molecule has 0 amide bonds. The average Bonchev–Trinajstić information content (AvgIpc) is 2.59. The maximum Gasteiger partial charge on any atom is 0.340 e. The van der Waals surface area contributed by atoms with Crippen LogP contribution in [0.4, 0.5) is 0 Å². The Labute approximate surface area is 154 Å². The summed E-state index contributed by atoms with van der Waals surface area (Å²) in [5, 5.41) is 0. The van der Waals surface area contributed by atoms with E-state index in [1.54, 1.807) is 6.07 Å². The summed E-state index contributed by atoms with van der Waals surface area (Å²) in [4.78, 5) is 24.3. The van der Waals surface area contributed by atoms with Gasteiger partial charge in [-0.1, -0.05) is 51.2 Å². The van der Waals surface area contributed by atoms with Crippen LogP contribution >= 0.6 is 0 Å². The van der Waals surface area contributed by atoms with Gasteiger partial charge in [-0.05, 0) is 25.5 Å². The van der Waals surface area contributed by atoms with Crippen LogP contribution in [0.25, 0.3) is 0 Å². The quantitative estimate of drug-likeness (QED) is 0.352. The van der Waals surface area contributed by atoms with Gasteiger partial charge >= 0.3 is 22.1 Å². The van der Waals surface area contributed by atoms with Crippen molar-refractivity contribution in [3.63, 3.8) is 0 Å². The number of hydrogen-bond acceptors (Lipinski definition) is 6. The highest BCUT2D eigenvalue weighted by atomic mass is 32.2. The molecule has 0 radical (unpaired) electrons. The van der Waals surface area contributed by atoms with Gasteiger partial charge in [-0.3, -0.25) is 4.55 Å². The summed E-state index contributed by atoms with van der Waals surface area (Å²) in [7, 11) is -4.53. The largest absolute Gasteiger partial charge is 0.462 e. The van der Waals surface area contributed by atoms with E-state index in [-0.39, 0.29) is 17.7 Å². The number of ether oxygens (including phenoxy) is 2. The van der Waals surface area contributed by atoms with Crippen molar-refractivity contribution < 1.29 is 32.0 Å². The third kappa shape index (κ3) is 7.53. The van der Waals surface area contributed by atoms with E-state index in [4.69, 9.17) is 9.29 Å². The maximum atomic E-state index is 12.2. The van der Waals surface area contributed by atoms with Gasteiger partial charge in [0.15, 0.2) is 0 Å². The molecule has 0 aliphatic carbocycles. The third-order valence-electron chi connectivity index (χ3n) is 3.79. The Hall–Kier alpha value is -1.93. The number of rotatable bonds is 11. The normalized spacial score (nSPS) is 12.4. The molecule has 0 aliphatic heterocycles. The van der Waals surface area contributed by atoms with Crippen LogP contribution in [-0.4, -0.2) is 37.0 Å². The molecule has 146 valence electrons. The zero-order valence-electron chi connectivity index (χ0n) is 15.1. The highest BCUT2D eigenvalue weighted by molar-refractivity contribution is 7.86. The summed E-state index contributed by atoms with van der Waals surface area (Å²) < 4.78 is 40.7. The summed E-state index contributed by atoms with van der Waals surface area (Å²) in [5.41, 5.74) is -1.86.